The molecule has 12 heavy (non-hydrogen) atoms. The SMILES string of the molecule is CC(=N)[C@@H]1CCC(C(=O)NN)C1. The fourth-order valence-electron chi connectivity index (χ4n) is 1.73. The van der Waals surface area contributed by atoms with Gasteiger partial charge in [-0.15, -0.1) is 0 Å². The number of hydrogen-bond acceptors (Lipinski definition) is 3. The lowest BCUT2D eigenvalue weighted by Crippen LogP contribution is -2.35. The van der Waals surface area contributed by atoms with E-state index in [1.54, 1.807) is 6.92 Å². The quantitative estimate of drug-likeness (QED) is 0.242. The van der Waals surface area contributed by atoms with Gasteiger partial charge in [-0.1, -0.05) is 0 Å². The molecule has 1 unspecified atom stereocenters. The van der Waals surface area contributed by atoms with Gasteiger partial charge >= 0.3 is 0 Å². The van der Waals surface area contributed by atoms with E-state index in [1.165, 1.54) is 0 Å². The van der Waals surface area contributed by atoms with Crippen molar-refractivity contribution in [3.63, 3.8) is 0 Å². The van der Waals surface area contributed by atoms with Crippen molar-refractivity contribution in [2.45, 2.75) is 26.2 Å². The summed E-state index contributed by atoms with van der Waals surface area (Å²) in [6, 6.07) is 0. The van der Waals surface area contributed by atoms with Crippen LogP contribution in [0.4, 0.5) is 0 Å². The van der Waals surface area contributed by atoms with Crippen LogP contribution in [0.15, 0.2) is 0 Å². The van der Waals surface area contributed by atoms with Crippen molar-refractivity contribution in [3.05, 3.63) is 0 Å². The minimum Gasteiger partial charge on any atom is -0.310 e. The van der Waals surface area contributed by atoms with Crippen LogP contribution in [0.25, 0.3) is 0 Å². The maximum Gasteiger partial charge on any atom is 0.237 e. The highest BCUT2D eigenvalue weighted by atomic mass is 16.2. The molecule has 4 nitrogen and oxygen atoms in total. The second-order valence-corrected chi connectivity index (χ2v) is 3.40. The van der Waals surface area contributed by atoms with Crippen LogP contribution in [-0.2, 0) is 4.79 Å². The van der Waals surface area contributed by atoms with E-state index >= 15 is 0 Å². The number of carbonyl (C=O) groups excluding carboxylic acids is 1. The molecule has 1 rings (SSSR count). The molecule has 1 saturated carbocycles. The lowest BCUT2D eigenvalue weighted by molar-refractivity contribution is -0.124. The molecule has 4 heteroatoms. The smallest absolute Gasteiger partial charge is 0.237 e. The van der Waals surface area contributed by atoms with Crippen LogP contribution in [0, 0.1) is 17.2 Å². The summed E-state index contributed by atoms with van der Waals surface area (Å²) in [5.74, 6) is 5.26. The van der Waals surface area contributed by atoms with E-state index in [0.29, 0.717) is 11.6 Å². The third kappa shape index (κ3) is 1.82. The Hall–Kier alpha value is -0.900. The third-order valence-corrected chi connectivity index (χ3v) is 2.56. The summed E-state index contributed by atoms with van der Waals surface area (Å²) in [7, 11) is 0. The molecule has 1 fully saturated rings. The van der Waals surface area contributed by atoms with Crippen molar-refractivity contribution in [3.8, 4) is 0 Å². The summed E-state index contributed by atoms with van der Waals surface area (Å²) in [5.41, 5.74) is 2.84. The Balaban J connectivity index is 2.45. The van der Waals surface area contributed by atoms with E-state index in [0.717, 1.165) is 19.3 Å². The summed E-state index contributed by atoms with van der Waals surface area (Å²) >= 11 is 0. The number of hydrazine groups is 1. The maximum atomic E-state index is 11.1. The monoisotopic (exact) mass is 169 g/mol. The van der Waals surface area contributed by atoms with Crippen LogP contribution in [0.2, 0.25) is 0 Å². The van der Waals surface area contributed by atoms with E-state index in [9.17, 15) is 4.79 Å². The van der Waals surface area contributed by atoms with Crippen molar-refractivity contribution in [1.29, 1.82) is 5.41 Å². The molecule has 0 aliphatic heterocycles. The summed E-state index contributed by atoms with van der Waals surface area (Å²) < 4.78 is 0. The normalized spacial score (nSPS) is 28.5. The first kappa shape index (κ1) is 9.19. The van der Waals surface area contributed by atoms with Gasteiger partial charge in [-0.25, -0.2) is 5.84 Å². The van der Waals surface area contributed by atoms with E-state index in [4.69, 9.17) is 11.3 Å². The molecule has 0 heterocycles. The second kappa shape index (κ2) is 3.67. The van der Waals surface area contributed by atoms with Gasteiger partial charge in [0.2, 0.25) is 5.91 Å². The lowest BCUT2D eigenvalue weighted by atomic mass is 10.0. The number of nitrogens with two attached hydrogens (primary N) is 1. The number of nitrogens with one attached hydrogen (secondary N) is 2. The van der Waals surface area contributed by atoms with Crippen molar-refractivity contribution in [2.75, 3.05) is 0 Å². The Kier molecular flexibility index (Phi) is 2.81. The fraction of sp³-hybridized carbons (Fsp3) is 0.750. The van der Waals surface area contributed by atoms with Crippen LogP contribution in [0.3, 0.4) is 0 Å². The zero-order chi connectivity index (χ0) is 9.14. The molecular formula is C8H15N3O. The summed E-state index contributed by atoms with van der Waals surface area (Å²) in [4.78, 5) is 11.1. The highest BCUT2D eigenvalue weighted by Crippen LogP contribution is 2.31. The van der Waals surface area contributed by atoms with Crippen LogP contribution in [-0.4, -0.2) is 11.6 Å². The highest BCUT2D eigenvalue weighted by molar-refractivity contribution is 5.84. The van der Waals surface area contributed by atoms with Gasteiger partial charge in [0.25, 0.3) is 0 Å². The predicted octanol–water partition coefficient (Wildman–Crippen LogP) is 0.432. The molecule has 68 valence electrons. The average molecular weight is 169 g/mol. The van der Waals surface area contributed by atoms with Gasteiger partial charge in [0, 0.05) is 11.6 Å². The van der Waals surface area contributed by atoms with Gasteiger partial charge in [-0.3, -0.25) is 10.2 Å². The fourth-order valence-corrected chi connectivity index (χ4v) is 1.73. The molecule has 1 amide bonds. The number of hydrogen-bond donors (Lipinski definition) is 3. The molecule has 0 aromatic carbocycles. The van der Waals surface area contributed by atoms with Crippen LogP contribution >= 0.6 is 0 Å². The predicted molar refractivity (Wildman–Crippen MR) is 46.6 cm³/mol. The van der Waals surface area contributed by atoms with Crippen LogP contribution in [0.5, 0.6) is 0 Å². The van der Waals surface area contributed by atoms with Gasteiger partial charge < -0.3 is 5.41 Å². The molecule has 0 saturated heterocycles. The number of rotatable bonds is 2. The van der Waals surface area contributed by atoms with Crippen LogP contribution in [0.1, 0.15) is 26.2 Å². The third-order valence-electron chi connectivity index (χ3n) is 2.56. The molecule has 0 bridgehead atoms. The number of amides is 1. The van der Waals surface area contributed by atoms with E-state index < -0.39 is 0 Å². The first-order valence-electron chi connectivity index (χ1n) is 4.20. The van der Waals surface area contributed by atoms with Crippen molar-refractivity contribution < 1.29 is 4.79 Å². The van der Waals surface area contributed by atoms with Gasteiger partial charge in [0.15, 0.2) is 0 Å². The van der Waals surface area contributed by atoms with E-state index in [-0.39, 0.29) is 11.8 Å². The Labute approximate surface area is 72.0 Å². The van der Waals surface area contributed by atoms with Gasteiger partial charge in [-0.05, 0) is 32.1 Å². The minimum atomic E-state index is -0.0845. The summed E-state index contributed by atoms with van der Waals surface area (Å²) in [5, 5.41) is 7.42. The number of carbonyl (C=O) groups is 1. The first-order chi connectivity index (χ1) is 5.65. The Morgan fingerprint density at radius 2 is 2.08 bits per heavy atom. The molecule has 4 N–H and O–H groups in total. The molecular weight excluding hydrogens is 154 g/mol. The Morgan fingerprint density at radius 1 is 1.50 bits per heavy atom. The summed E-state index contributed by atoms with van der Waals surface area (Å²) in [6.45, 7) is 1.80. The van der Waals surface area contributed by atoms with Gasteiger partial charge in [0.1, 0.15) is 0 Å². The van der Waals surface area contributed by atoms with Crippen LogP contribution < -0.4 is 11.3 Å². The second-order valence-electron chi connectivity index (χ2n) is 3.40. The van der Waals surface area contributed by atoms with Crippen molar-refractivity contribution >= 4 is 11.6 Å². The standard InChI is InChI=1S/C8H15N3O/c1-5(9)6-2-3-7(4-6)8(12)11-10/h6-7,9H,2-4,10H2,1H3,(H,11,12)/t6-,7?/m1/s1. The zero-order valence-corrected chi connectivity index (χ0v) is 7.26. The largest absolute Gasteiger partial charge is 0.310 e. The molecule has 0 aromatic rings. The van der Waals surface area contributed by atoms with Gasteiger partial charge in [0.05, 0.1) is 0 Å². The molecule has 0 radical (unpaired) electrons. The molecule has 2 atom stereocenters. The van der Waals surface area contributed by atoms with E-state index in [2.05, 4.69) is 5.43 Å². The van der Waals surface area contributed by atoms with Gasteiger partial charge in [-0.2, -0.15) is 0 Å². The first-order valence-corrected chi connectivity index (χ1v) is 4.20. The minimum absolute atomic E-state index is 0.0281. The average Bonchev–Trinajstić information content (AvgIpc) is 2.51. The Bertz CT molecular complexity index is 202. The topological polar surface area (TPSA) is 79.0 Å². The summed E-state index contributed by atoms with van der Waals surface area (Å²) in [6.07, 6.45) is 2.61. The molecule has 0 spiro atoms. The van der Waals surface area contributed by atoms with Crippen molar-refractivity contribution in [1.82, 2.24) is 5.43 Å². The molecule has 0 aromatic heterocycles. The molecule has 1 aliphatic carbocycles. The lowest BCUT2D eigenvalue weighted by Gasteiger charge is -2.08. The zero-order valence-electron chi connectivity index (χ0n) is 7.26. The van der Waals surface area contributed by atoms with Crippen molar-refractivity contribution in [2.24, 2.45) is 17.7 Å². The Morgan fingerprint density at radius 3 is 2.50 bits per heavy atom. The molecule has 1 aliphatic rings. The highest BCUT2D eigenvalue weighted by Gasteiger charge is 2.30. The van der Waals surface area contributed by atoms with E-state index in [1.807, 2.05) is 0 Å². The maximum absolute atomic E-state index is 11.1.